The molecule has 15 heavy (non-hydrogen) atoms. The molecule has 82 valence electrons. The third kappa shape index (κ3) is 2.06. The molecule has 0 spiro atoms. The molecule has 1 fully saturated rings. The van der Waals surface area contributed by atoms with Crippen LogP contribution in [-0.2, 0) is 4.79 Å². The first kappa shape index (κ1) is 10.6. The normalized spacial score (nSPS) is 27.8. The monoisotopic (exact) mass is 226 g/mol. The lowest BCUT2D eigenvalue weighted by Crippen LogP contribution is -2.23. The Kier molecular flexibility index (Phi) is 3.07. The number of aliphatic hydroxyl groups is 1. The predicted molar refractivity (Wildman–Crippen MR) is 57.7 cm³/mol. The smallest absolute Gasteiger partial charge is 0.306 e. The van der Waals surface area contributed by atoms with E-state index in [1.54, 1.807) is 0 Å². The van der Waals surface area contributed by atoms with Gasteiger partial charge in [0.1, 0.15) is 0 Å². The van der Waals surface area contributed by atoms with Gasteiger partial charge >= 0.3 is 5.97 Å². The Balaban J connectivity index is 2.13. The molecule has 0 radical (unpaired) electrons. The molecular formula is C11H14O3S. The van der Waals surface area contributed by atoms with E-state index in [2.05, 4.69) is 0 Å². The summed E-state index contributed by atoms with van der Waals surface area (Å²) in [7, 11) is 0. The molecule has 4 heteroatoms. The summed E-state index contributed by atoms with van der Waals surface area (Å²) in [5.41, 5.74) is 0. The van der Waals surface area contributed by atoms with Crippen LogP contribution in [0.3, 0.4) is 0 Å². The van der Waals surface area contributed by atoms with Gasteiger partial charge in [-0.25, -0.2) is 0 Å². The highest BCUT2D eigenvalue weighted by atomic mass is 32.1. The van der Waals surface area contributed by atoms with Crippen molar-refractivity contribution in [1.29, 1.82) is 0 Å². The van der Waals surface area contributed by atoms with Crippen molar-refractivity contribution in [2.24, 2.45) is 11.8 Å². The lowest BCUT2D eigenvalue weighted by Gasteiger charge is -2.20. The molecular weight excluding hydrogens is 212 g/mol. The Morgan fingerprint density at radius 2 is 2.33 bits per heavy atom. The molecule has 3 unspecified atom stereocenters. The molecule has 2 rings (SSSR count). The summed E-state index contributed by atoms with van der Waals surface area (Å²) >= 11 is 1.49. The Labute approximate surface area is 92.4 Å². The van der Waals surface area contributed by atoms with Crippen LogP contribution in [0.25, 0.3) is 0 Å². The van der Waals surface area contributed by atoms with Crippen LogP contribution in [0.2, 0.25) is 0 Å². The molecule has 0 aromatic carbocycles. The third-order valence-electron chi connectivity index (χ3n) is 3.13. The maximum absolute atomic E-state index is 11.0. The van der Waals surface area contributed by atoms with Crippen LogP contribution in [0.15, 0.2) is 17.5 Å². The topological polar surface area (TPSA) is 57.5 Å². The van der Waals surface area contributed by atoms with Gasteiger partial charge in [0.25, 0.3) is 0 Å². The van der Waals surface area contributed by atoms with Gasteiger partial charge in [-0.05, 0) is 24.3 Å². The summed E-state index contributed by atoms with van der Waals surface area (Å²) in [6, 6.07) is 3.75. The fraction of sp³-hybridized carbons (Fsp3) is 0.545. The third-order valence-corrected chi connectivity index (χ3v) is 4.07. The predicted octanol–water partition coefficient (Wildman–Crippen LogP) is 2.28. The number of hydrogen-bond donors (Lipinski definition) is 2. The number of rotatable bonds is 3. The van der Waals surface area contributed by atoms with Crippen molar-refractivity contribution in [3.63, 3.8) is 0 Å². The minimum Gasteiger partial charge on any atom is -0.481 e. The van der Waals surface area contributed by atoms with E-state index in [0.717, 1.165) is 17.7 Å². The minimum absolute atomic E-state index is 0.110. The van der Waals surface area contributed by atoms with E-state index in [9.17, 15) is 9.90 Å². The van der Waals surface area contributed by atoms with E-state index >= 15 is 0 Å². The number of hydrogen-bond acceptors (Lipinski definition) is 3. The molecule has 2 N–H and O–H groups in total. The van der Waals surface area contributed by atoms with Crippen molar-refractivity contribution >= 4 is 17.3 Å². The molecule has 1 aliphatic carbocycles. The first-order chi connectivity index (χ1) is 7.20. The quantitative estimate of drug-likeness (QED) is 0.831. The summed E-state index contributed by atoms with van der Waals surface area (Å²) in [5.74, 6) is -1.25. The Morgan fingerprint density at radius 3 is 2.93 bits per heavy atom. The number of carbonyl (C=O) groups is 1. The molecule has 3 atom stereocenters. The molecule has 3 nitrogen and oxygen atoms in total. The zero-order chi connectivity index (χ0) is 10.8. The second-order valence-electron chi connectivity index (χ2n) is 4.00. The summed E-state index contributed by atoms with van der Waals surface area (Å²) in [6.07, 6.45) is 1.82. The minimum atomic E-state index is -0.770. The highest BCUT2D eigenvalue weighted by Crippen LogP contribution is 2.41. The molecule has 0 saturated heterocycles. The molecule has 1 heterocycles. The number of carboxylic acid groups (broad SMARTS) is 1. The highest BCUT2D eigenvalue weighted by Gasteiger charge is 2.38. The largest absolute Gasteiger partial charge is 0.481 e. The van der Waals surface area contributed by atoms with Gasteiger partial charge in [0, 0.05) is 10.8 Å². The number of carboxylic acids is 1. The second kappa shape index (κ2) is 4.33. The van der Waals surface area contributed by atoms with Gasteiger partial charge in [-0.2, -0.15) is 0 Å². The van der Waals surface area contributed by atoms with Gasteiger partial charge in [-0.1, -0.05) is 12.5 Å². The van der Waals surface area contributed by atoms with Crippen molar-refractivity contribution in [3.8, 4) is 0 Å². The first-order valence-corrected chi connectivity index (χ1v) is 6.02. The SMILES string of the molecule is O=C(O)C1CCCC1C(O)c1cccs1. The van der Waals surface area contributed by atoms with Crippen LogP contribution < -0.4 is 0 Å². The molecule has 1 aliphatic rings. The van der Waals surface area contributed by atoms with Crippen LogP contribution in [0.4, 0.5) is 0 Å². The summed E-state index contributed by atoms with van der Waals surface area (Å²) in [5, 5.41) is 21.0. The second-order valence-corrected chi connectivity index (χ2v) is 4.98. The maximum Gasteiger partial charge on any atom is 0.306 e. The molecule has 0 amide bonds. The average Bonchev–Trinajstić information content (AvgIpc) is 2.88. The van der Waals surface area contributed by atoms with Gasteiger partial charge < -0.3 is 10.2 Å². The van der Waals surface area contributed by atoms with E-state index in [1.165, 1.54) is 11.3 Å². The molecule has 0 bridgehead atoms. The zero-order valence-electron chi connectivity index (χ0n) is 8.30. The van der Waals surface area contributed by atoms with Crippen LogP contribution in [0, 0.1) is 11.8 Å². The van der Waals surface area contributed by atoms with E-state index in [1.807, 2.05) is 17.5 Å². The maximum atomic E-state index is 11.0. The fourth-order valence-corrected chi connectivity index (χ4v) is 3.13. The van der Waals surface area contributed by atoms with Crippen molar-refractivity contribution in [2.75, 3.05) is 0 Å². The van der Waals surface area contributed by atoms with E-state index < -0.39 is 12.1 Å². The standard InChI is InChI=1S/C11H14O3S/c12-10(9-5-2-6-15-9)7-3-1-4-8(7)11(13)14/h2,5-8,10,12H,1,3-4H2,(H,13,14). The number of aliphatic carboxylic acids is 1. The van der Waals surface area contributed by atoms with Crippen LogP contribution >= 0.6 is 11.3 Å². The van der Waals surface area contributed by atoms with Crippen molar-refractivity contribution in [1.82, 2.24) is 0 Å². The lowest BCUT2D eigenvalue weighted by atomic mass is 9.90. The lowest BCUT2D eigenvalue weighted by molar-refractivity contribution is -0.144. The molecule has 1 aromatic rings. The van der Waals surface area contributed by atoms with Gasteiger partial charge in [0.2, 0.25) is 0 Å². The van der Waals surface area contributed by atoms with Crippen LogP contribution in [-0.4, -0.2) is 16.2 Å². The Morgan fingerprint density at radius 1 is 1.53 bits per heavy atom. The molecule has 0 aliphatic heterocycles. The summed E-state index contributed by atoms with van der Waals surface area (Å²) in [4.78, 5) is 11.9. The van der Waals surface area contributed by atoms with E-state index in [-0.39, 0.29) is 11.8 Å². The summed E-state index contributed by atoms with van der Waals surface area (Å²) < 4.78 is 0. The summed E-state index contributed by atoms with van der Waals surface area (Å²) in [6.45, 7) is 0. The van der Waals surface area contributed by atoms with Crippen molar-refractivity contribution in [2.45, 2.75) is 25.4 Å². The van der Waals surface area contributed by atoms with Gasteiger partial charge in [-0.15, -0.1) is 11.3 Å². The van der Waals surface area contributed by atoms with E-state index in [0.29, 0.717) is 6.42 Å². The van der Waals surface area contributed by atoms with Gasteiger partial charge in [0.05, 0.1) is 12.0 Å². The Hall–Kier alpha value is -0.870. The fourth-order valence-electron chi connectivity index (χ4n) is 2.34. The van der Waals surface area contributed by atoms with Gasteiger partial charge in [-0.3, -0.25) is 4.79 Å². The first-order valence-electron chi connectivity index (χ1n) is 5.14. The van der Waals surface area contributed by atoms with Crippen molar-refractivity contribution in [3.05, 3.63) is 22.4 Å². The zero-order valence-corrected chi connectivity index (χ0v) is 9.11. The number of thiophene rings is 1. The molecule has 1 aromatic heterocycles. The molecule has 1 saturated carbocycles. The average molecular weight is 226 g/mol. The van der Waals surface area contributed by atoms with Gasteiger partial charge in [0.15, 0.2) is 0 Å². The van der Waals surface area contributed by atoms with Crippen molar-refractivity contribution < 1.29 is 15.0 Å². The van der Waals surface area contributed by atoms with Crippen LogP contribution in [0.1, 0.15) is 30.2 Å². The number of aliphatic hydroxyl groups excluding tert-OH is 1. The van der Waals surface area contributed by atoms with E-state index in [4.69, 9.17) is 5.11 Å². The highest BCUT2D eigenvalue weighted by molar-refractivity contribution is 7.10. The Bertz CT molecular complexity index is 334. The van der Waals surface area contributed by atoms with Crippen LogP contribution in [0.5, 0.6) is 0 Å².